The lowest BCUT2D eigenvalue weighted by molar-refractivity contribution is 0.188. The van der Waals surface area contributed by atoms with Crippen molar-refractivity contribution in [2.24, 2.45) is 0 Å². The summed E-state index contributed by atoms with van der Waals surface area (Å²) in [5.41, 5.74) is 0.763. The van der Waals surface area contributed by atoms with Crippen LogP contribution in [-0.2, 0) is 0 Å². The Bertz CT molecular complexity index is 588. The van der Waals surface area contributed by atoms with Gasteiger partial charge in [-0.25, -0.2) is 0 Å². The molecule has 126 valence electrons. The molecule has 0 radical (unpaired) electrons. The van der Waals surface area contributed by atoms with Gasteiger partial charge in [0.15, 0.2) is 0 Å². The molecule has 0 aromatic heterocycles. The Hall–Kier alpha value is -1.75. The summed E-state index contributed by atoms with van der Waals surface area (Å²) in [5, 5.41) is 9.86. The van der Waals surface area contributed by atoms with E-state index in [0.717, 1.165) is 17.9 Å². The minimum atomic E-state index is -0.583. The van der Waals surface area contributed by atoms with Crippen molar-refractivity contribution in [3.63, 3.8) is 0 Å². The van der Waals surface area contributed by atoms with Gasteiger partial charge in [0.2, 0.25) is 0 Å². The van der Waals surface area contributed by atoms with E-state index in [4.69, 9.17) is 9.47 Å². The number of benzene rings is 2. The Morgan fingerprint density at radius 1 is 1.04 bits per heavy atom. The third kappa shape index (κ3) is 6.10. The second-order valence-corrected chi connectivity index (χ2v) is 5.44. The molecular formula is C18H24ClNO3. The molecule has 1 N–H and O–H groups in total. The van der Waals surface area contributed by atoms with E-state index >= 15 is 0 Å². The molecule has 1 atom stereocenters. The van der Waals surface area contributed by atoms with E-state index in [1.807, 2.05) is 67.5 Å². The second kappa shape index (κ2) is 9.40. The maximum Gasteiger partial charge on any atom is 0.131 e. The highest BCUT2D eigenvalue weighted by Crippen LogP contribution is 2.31. The first kappa shape index (κ1) is 19.3. The molecule has 0 amide bonds. The Morgan fingerprint density at radius 3 is 2.35 bits per heavy atom. The number of halogens is 1. The van der Waals surface area contributed by atoms with Gasteiger partial charge in [0, 0.05) is 18.2 Å². The predicted octanol–water partition coefficient (Wildman–Crippen LogP) is 3.89. The molecule has 0 aliphatic carbocycles. The van der Waals surface area contributed by atoms with Crippen LogP contribution in [0.3, 0.4) is 0 Å². The number of rotatable bonds is 7. The zero-order valence-electron chi connectivity index (χ0n) is 13.7. The number of nitrogens with zero attached hydrogens (tertiary/aromatic N) is 1. The molecule has 0 spiro atoms. The quantitative estimate of drug-likeness (QED) is 0.832. The SMILES string of the molecule is CC(O)c1ccc(Oc2ccccc2)cc1OCCN(C)C.Cl. The van der Waals surface area contributed by atoms with Crippen LogP contribution in [0.15, 0.2) is 48.5 Å². The predicted molar refractivity (Wildman–Crippen MR) is 94.9 cm³/mol. The van der Waals surface area contributed by atoms with Crippen LogP contribution in [0.2, 0.25) is 0 Å². The summed E-state index contributed by atoms with van der Waals surface area (Å²) < 4.78 is 11.6. The maximum atomic E-state index is 9.86. The van der Waals surface area contributed by atoms with Gasteiger partial charge < -0.3 is 19.5 Å². The first-order valence-electron chi connectivity index (χ1n) is 7.38. The van der Waals surface area contributed by atoms with Gasteiger partial charge in [-0.1, -0.05) is 18.2 Å². The molecule has 2 rings (SSSR count). The van der Waals surface area contributed by atoms with E-state index in [2.05, 4.69) is 0 Å². The zero-order chi connectivity index (χ0) is 15.9. The monoisotopic (exact) mass is 337 g/mol. The van der Waals surface area contributed by atoms with Crippen molar-refractivity contribution in [3.8, 4) is 17.2 Å². The van der Waals surface area contributed by atoms with Crippen LogP contribution in [0.4, 0.5) is 0 Å². The van der Waals surface area contributed by atoms with Crippen LogP contribution in [0.5, 0.6) is 17.2 Å². The van der Waals surface area contributed by atoms with Crippen molar-refractivity contribution in [1.82, 2.24) is 4.90 Å². The topological polar surface area (TPSA) is 41.9 Å². The van der Waals surface area contributed by atoms with Gasteiger partial charge in [-0.3, -0.25) is 0 Å². The van der Waals surface area contributed by atoms with Crippen molar-refractivity contribution < 1.29 is 14.6 Å². The maximum absolute atomic E-state index is 9.86. The summed E-state index contributed by atoms with van der Waals surface area (Å²) in [4.78, 5) is 2.05. The molecule has 0 bridgehead atoms. The van der Waals surface area contributed by atoms with Crippen LogP contribution in [-0.4, -0.2) is 37.3 Å². The Morgan fingerprint density at radius 2 is 1.74 bits per heavy atom. The Kier molecular flexibility index (Phi) is 7.89. The summed E-state index contributed by atoms with van der Waals surface area (Å²) in [6.07, 6.45) is -0.583. The van der Waals surface area contributed by atoms with Gasteiger partial charge in [-0.15, -0.1) is 12.4 Å². The van der Waals surface area contributed by atoms with Crippen LogP contribution in [0, 0.1) is 0 Å². The van der Waals surface area contributed by atoms with Gasteiger partial charge in [-0.05, 0) is 45.3 Å². The fraction of sp³-hybridized carbons (Fsp3) is 0.333. The fourth-order valence-corrected chi connectivity index (χ4v) is 2.01. The molecular weight excluding hydrogens is 314 g/mol. The largest absolute Gasteiger partial charge is 0.492 e. The summed E-state index contributed by atoms with van der Waals surface area (Å²) >= 11 is 0. The van der Waals surface area contributed by atoms with Crippen molar-refractivity contribution in [1.29, 1.82) is 0 Å². The van der Waals surface area contributed by atoms with Gasteiger partial charge in [-0.2, -0.15) is 0 Å². The number of hydrogen-bond donors (Lipinski definition) is 1. The smallest absolute Gasteiger partial charge is 0.131 e. The number of para-hydroxylation sites is 1. The van der Waals surface area contributed by atoms with Crippen molar-refractivity contribution in [2.45, 2.75) is 13.0 Å². The minimum absolute atomic E-state index is 0. The molecule has 2 aromatic rings. The van der Waals surface area contributed by atoms with E-state index in [1.165, 1.54) is 0 Å². The molecule has 0 aliphatic heterocycles. The van der Waals surface area contributed by atoms with E-state index < -0.39 is 6.10 Å². The van der Waals surface area contributed by atoms with Crippen molar-refractivity contribution in [3.05, 3.63) is 54.1 Å². The summed E-state index contributed by atoms with van der Waals surface area (Å²) in [5.74, 6) is 2.12. The minimum Gasteiger partial charge on any atom is -0.492 e. The number of aliphatic hydroxyl groups is 1. The lowest BCUT2D eigenvalue weighted by atomic mass is 10.1. The number of hydrogen-bond acceptors (Lipinski definition) is 4. The molecule has 0 saturated heterocycles. The first-order valence-corrected chi connectivity index (χ1v) is 7.38. The highest BCUT2D eigenvalue weighted by atomic mass is 35.5. The average molecular weight is 338 g/mol. The van der Waals surface area contributed by atoms with Crippen molar-refractivity contribution >= 4 is 12.4 Å². The van der Waals surface area contributed by atoms with Crippen LogP contribution < -0.4 is 9.47 Å². The fourth-order valence-electron chi connectivity index (χ4n) is 2.01. The summed E-state index contributed by atoms with van der Waals surface area (Å²) in [6, 6.07) is 15.1. The molecule has 23 heavy (non-hydrogen) atoms. The van der Waals surface area contributed by atoms with E-state index in [9.17, 15) is 5.11 Å². The average Bonchev–Trinajstić information content (AvgIpc) is 2.48. The summed E-state index contributed by atoms with van der Waals surface area (Å²) in [7, 11) is 3.99. The highest BCUT2D eigenvalue weighted by Gasteiger charge is 2.11. The highest BCUT2D eigenvalue weighted by molar-refractivity contribution is 5.85. The first-order chi connectivity index (χ1) is 10.6. The van der Waals surface area contributed by atoms with Gasteiger partial charge in [0.05, 0.1) is 6.10 Å². The van der Waals surface area contributed by atoms with Gasteiger partial charge in [0.1, 0.15) is 23.9 Å². The molecule has 2 aromatic carbocycles. The zero-order valence-corrected chi connectivity index (χ0v) is 14.5. The molecule has 1 unspecified atom stereocenters. The normalized spacial score (nSPS) is 11.7. The molecule has 5 heteroatoms. The second-order valence-electron chi connectivity index (χ2n) is 5.44. The molecule has 0 aliphatic rings. The van der Waals surface area contributed by atoms with E-state index in [1.54, 1.807) is 6.92 Å². The van der Waals surface area contributed by atoms with Crippen molar-refractivity contribution in [2.75, 3.05) is 27.2 Å². The number of ether oxygens (including phenoxy) is 2. The number of likely N-dealkylation sites (N-methyl/N-ethyl adjacent to an activating group) is 1. The van der Waals surface area contributed by atoms with Crippen LogP contribution >= 0.6 is 12.4 Å². The third-order valence-corrected chi connectivity index (χ3v) is 3.21. The standard InChI is InChI=1S/C18H23NO3.ClH/c1-14(20)17-10-9-16(22-15-7-5-4-6-8-15)13-18(17)21-12-11-19(2)3;/h4-10,13-14,20H,11-12H2,1-3H3;1H. The number of aliphatic hydroxyl groups excluding tert-OH is 1. The van der Waals surface area contributed by atoms with E-state index in [-0.39, 0.29) is 12.4 Å². The molecule has 4 nitrogen and oxygen atoms in total. The molecule has 0 fully saturated rings. The van der Waals surface area contributed by atoms with Gasteiger partial charge >= 0.3 is 0 Å². The van der Waals surface area contributed by atoms with Crippen LogP contribution in [0.1, 0.15) is 18.6 Å². The van der Waals surface area contributed by atoms with E-state index in [0.29, 0.717) is 18.1 Å². The molecule has 0 saturated carbocycles. The lowest BCUT2D eigenvalue weighted by Crippen LogP contribution is -2.19. The van der Waals surface area contributed by atoms with Gasteiger partial charge in [0.25, 0.3) is 0 Å². The lowest BCUT2D eigenvalue weighted by Gasteiger charge is -2.17. The van der Waals surface area contributed by atoms with Crippen LogP contribution in [0.25, 0.3) is 0 Å². The third-order valence-electron chi connectivity index (χ3n) is 3.21. The Balaban J connectivity index is 0.00000264. The molecule has 0 heterocycles. The summed E-state index contributed by atoms with van der Waals surface area (Å²) in [6.45, 7) is 3.09. The Labute approximate surface area is 144 Å².